The van der Waals surface area contributed by atoms with Gasteiger partial charge in [0, 0.05) is 17.2 Å². The van der Waals surface area contributed by atoms with Crippen LogP contribution in [-0.2, 0) is 4.79 Å². The van der Waals surface area contributed by atoms with Crippen molar-refractivity contribution in [3.8, 4) is 5.75 Å². The zero-order valence-electron chi connectivity index (χ0n) is 10.5. The molecule has 0 aliphatic rings. The number of carboxylic acids is 1. The zero-order chi connectivity index (χ0) is 15.3. The van der Waals surface area contributed by atoms with Gasteiger partial charge in [0.15, 0.2) is 5.75 Å². The van der Waals surface area contributed by atoms with Crippen LogP contribution in [0.3, 0.4) is 0 Å². The molecule has 3 N–H and O–H groups in total. The highest BCUT2D eigenvalue weighted by atomic mass is 16.6. The maximum atomic E-state index is 10.9. The Labute approximate surface area is 113 Å². The molecule has 0 aliphatic carbocycles. The van der Waals surface area contributed by atoms with Gasteiger partial charge in [-0.2, -0.15) is 0 Å². The second kappa shape index (κ2) is 6.32. The number of carbonyl (C=O) groups is 2. The molecule has 0 fully saturated rings. The summed E-state index contributed by atoms with van der Waals surface area (Å²) in [5.41, 5.74) is 4.66. The molecule has 106 valence electrons. The maximum Gasteiger partial charge on any atom is 0.331 e. The third-order valence-electron chi connectivity index (χ3n) is 2.41. The van der Waals surface area contributed by atoms with Crippen LogP contribution in [0.2, 0.25) is 0 Å². The number of carboxylic acid groups (broad SMARTS) is 1. The molecule has 0 saturated carbocycles. The van der Waals surface area contributed by atoms with Crippen molar-refractivity contribution in [3.63, 3.8) is 0 Å². The summed E-state index contributed by atoms with van der Waals surface area (Å²) in [6.07, 6.45) is 1.27. The minimum Gasteiger partial charge on any atom is -0.483 e. The molecule has 8 heteroatoms. The van der Waals surface area contributed by atoms with Gasteiger partial charge in [-0.05, 0) is 25.1 Å². The van der Waals surface area contributed by atoms with Crippen LogP contribution in [0.4, 0.5) is 5.69 Å². The average Bonchev–Trinajstić information content (AvgIpc) is 2.38. The minimum absolute atomic E-state index is 0.0127. The maximum absolute atomic E-state index is 10.9. The van der Waals surface area contributed by atoms with Gasteiger partial charge in [0.1, 0.15) is 6.61 Å². The zero-order valence-corrected chi connectivity index (χ0v) is 10.5. The Kier molecular flexibility index (Phi) is 4.79. The highest BCUT2D eigenvalue weighted by Gasteiger charge is 2.17. The lowest BCUT2D eigenvalue weighted by molar-refractivity contribution is -0.385. The van der Waals surface area contributed by atoms with E-state index in [1.165, 1.54) is 25.1 Å². The molecule has 0 aliphatic heterocycles. The fourth-order valence-electron chi connectivity index (χ4n) is 1.28. The predicted molar refractivity (Wildman–Crippen MR) is 68.5 cm³/mol. The van der Waals surface area contributed by atoms with E-state index in [4.69, 9.17) is 15.6 Å². The summed E-state index contributed by atoms with van der Waals surface area (Å²) >= 11 is 0. The number of nitrogens with zero attached hydrogens (tertiary/aromatic N) is 1. The van der Waals surface area contributed by atoms with Crippen molar-refractivity contribution in [1.82, 2.24) is 0 Å². The summed E-state index contributed by atoms with van der Waals surface area (Å²) in [4.78, 5) is 31.7. The summed E-state index contributed by atoms with van der Waals surface area (Å²) in [6, 6.07) is 3.53. The summed E-state index contributed by atoms with van der Waals surface area (Å²) in [7, 11) is 0. The number of amides is 1. The molecular formula is C12H12N2O6. The Bertz CT molecular complexity index is 594. The van der Waals surface area contributed by atoms with Gasteiger partial charge in [-0.1, -0.05) is 0 Å². The van der Waals surface area contributed by atoms with Crippen LogP contribution in [-0.4, -0.2) is 28.5 Å². The number of hydrogen-bond donors (Lipinski definition) is 2. The van der Waals surface area contributed by atoms with Gasteiger partial charge < -0.3 is 15.6 Å². The topological polar surface area (TPSA) is 133 Å². The summed E-state index contributed by atoms with van der Waals surface area (Å²) in [5, 5.41) is 19.5. The molecular weight excluding hydrogens is 268 g/mol. The van der Waals surface area contributed by atoms with E-state index < -0.39 is 22.5 Å². The van der Waals surface area contributed by atoms with Crippen molar-refractivity contribution in [3.05, 3.63) is 45.5 Å². The third kappa shape index (κ3) is 3.80. The number of benzene rings is 1. The second-order valence-electron chi connectivity index (χ2n) is 3.81. The lowest BCUT2D eigenvalue weighted by Crippen LogP contribution is -2.11. The van der Waals surface area contributed by atoms with E-state index in [0.29, 0.717) is 0 Å². The molecule has 1 aromatic rings. The van der Waals surface area contributed by atoms with Crippen LogP contribution in [0.25, 0.3) is 0 Å². The lowest BCUT2D eigenvalue weighted by atomic mass is 10.2. The van der Waals surface area contributed by atoms with Gasteiger partial charge in [0.25, 0.3) is 0 Å². The molecule has 8 nitrogen and oxygen atoms in total. The summed E-state index contributed by atoms with van der Waals surface area (Å²) < 4.78 is 5.12. The first-order valence-corrected chi connectivity index (χ1v) is 5.44. The fraction of sp³-hybridized carbons (Fsp3) is 0.167. The van der Waals surface area contributed by atoms with Crippen LogP contribution in [0.5, 0.6) is 5.75 Å². The van der Waals surface area contributed by atoms with Gasteiger partial charge in [0.2, 0.25) is 5.91 Å². The summed E-state index contributed by atoms with van der Waals surface area (Å²) in [6.45, 7) is 1.23. The number of aliphatic carboxylic acids is 1. The molecule has 0 radical (unpaired) electrons. The first-order chi connectivity index (χ1) is 9.32. The van der Waals surface area contributed by atoms with E-state index in [0.717, 1.165) is 6.07 Å². The smallest absolute Gasteiger partial charge is 0.331 e. The van der Waals surface area contributed by atoms with Crippen molar-refractivity contribution in [2.24, 2.45) is 5.73 Å². The minimum atomic E-state index is -1.10. The van der Waals surface area contributed by atoms with E-state index in [-0.39, 0.29) is 23.5 Å². The number of rotatable bonds is 6. The fourth-order valence-corrected chi connectivity index (χ4v) is 1.28. The van der Waals surface area contributed by atoms with Crippen molar-refractivity contribution < 1.29 is 24.4 Å². The predicted octanol–water partition coefficient (Wildman–Crippen LogP) is 1.10. The standard InChI is InChI=1S/C12H12N2O6/c1-7(12(16)17)4-5-20-10-3-2-8(11(13)15)6-9(10)14(18)19/h2-4,6H,5H2,1H3,(H2,13,15)(H,16,17). The summed E-state index contributed by atoms with van der Waals surface area (Å²) in [5.74, 6) is -1.97. The van der Waals surface area contributed by atoms with Crippen LogP contribution in [0, 0.1) is 10.1 Å². The van der Waals surface area contributed by atoms with Gasteiger partial charge in [-0.3, -0.25) is 14.9 Å². The molecule has 0 atom stereocenters. The van der Waals surface area contributed by atoms with E-state index in [1.807, 2.05) is 0 Å². The number of carbonyl (C=O) groups excluding carboxylic acids is 1. The number of nitro benzene ring substituents is 1. The Morgan fingerprint density at radius 1 is 1.50 bits per heavy atom. The molecule has 0 unspecified atom stereocenters. The molecule has 20 heavy (non-hydrogen) atoms. The molecule has 1 aromatic carbocycles. The quantitative estimate of drug-likeness (QED) is 0.455. The monoisotopic (exact) mass is 280 g/mol. The van der Waals surface area contributed by atoms with Gasteiger partial charge in [0.05, 0.1) is 4.92 Å². The normalized spacial score (nSPS) is 10.9. The molecule has 0 heterocycles. The van der Waals surface area contributed by atoms with Crippen molar-refractivity contribution in [2.75, 3.05) is 6.61 Å². The molecule has 0 spiro atoms. The van der Waals surface area contributed by atoms with E-state index in [2.05, 4.69) is 0 Å². The highest BCUT2D eigenvalue weighted by molar-refractivity contribution is 5.93. The Balaban J connectivity index is 2.95. The van der Waals surface area contributed by atoms with Crippen molar-refractivity contribution >= 4 is 17.6 Å². The van der Waals surface area contributed by atoms with Crippen molar-refractivity contribution in [2.45, 2.75) is 6.92 Å². The SMILES string of the molecule is CC(=CCOc1ccc(C(N)=O)cc1[N+](=O)[O-])C(=O)O. The van der Waals surface area contributed by atoms with E-state index in [1.54, 1.807) is 0 Å². The second-order valence-corrected chi connectivity index (χ2v) is 3.81. The highest BCUT2D eigenvalue weighted by Crippen LogP contribution is 2.27. The van der Waals surface area contributed by atoms with Gasteiger partial charge >= 0.3 is 11.7 Å². The number of primary amides is 1. The molecule has 0 aromatic heterocycles. The third-order valence-corrected chi connectivity index (χ3v) is 2.41. The molecule has 0 bridgehead atoms. The first kappa shape index (κ1) is 15.2. The van der Waals surface area contributed by atoms with Gasteiger partial charge in [-0.15, -0.1) is 0 Å². The first-order valence-electron chi connectivity index (χ1n) is 5.44. The van der Waals surface area contributed by atoms with Crippen LogP contribution in [0.1, 0.15) is 17.3 Å². The van der Waals surface area contributed by atoms with E-state index >= 15 is 0 Å². The number of ether oxygens (including phenoxy) is 1. The molecule has 1 amide bonds. The lowest BCUT2D eigenvalue weighted by Gasteiger charge is -2.05. The Hall–Kier alpha value is -2.90. The largest absolute Gasteiger partial charge is 0.483 e. The number of nitrogens with two attached hydrogens (primary N) is 1. The van der Waals surface area contributed by atoms with Crippen molar-refractivity contribution in [1.29, 1.82) is 0 Å². The average molecular weight is 280 g/mol. The van der Waals surface area contributed by atoms with Crippen LogP contribution < -0.4 is 10.5 Å². The Morgan fingerprint density at radius 3 is 2.65 bits per heavy atom. The van der Waals surface area contributed by atoms with Gasteiger partial charge in [-0.25, -0.2) is 4.79 Å². The number of nitro groups is 1. The Morgan fingerprint density at radius 2 is 2.15 bits per heavy atom. The molecule has 0 saturated heterocycles. The van der Waals surface area contributed by atoms with E-state index in [9.17, 15) is 19.7 Å². The van der Waals surface area contributed by atoms with Crippen LogP contribution >= 0.6 is 0 Å². The number of hydrogen-bond acceptors (Lipinski definition) is 5. The van der Waals surface area contributed by atoms with Crippen LogP contribution in [0.15, 0.2) is 29.8 Å². The molecule has 1 rings (SSSR count).